The first-order valence-electron chi connectivity index (χ1n) is 5.65. The predicted molar refractivity (Wildman–Crippen MR) is 55.9 cm³/mol. The number of carboxylic acids is 1. The van der Waals surface area contributed by atoms with Crippen molar-refractivity contribution < 1.29 is 19.4 Å². The molecule has 5 nitrogen and oxygen atoms in total. The molecule has 0 aromatic rings. The van der Waals surface area contributed by atoms with Crippen LogP contribution in [-0.2, 0) is 9.53 Å². The lowest BCUT2D eigenvalue weighted by molar-refractivity contribution is -0.144. The summed E-state index contributed by atoms with van der Waals surface area (Å²) in [6.07, 6.45) is 2.15. The van der Waals surface area contributed by atoms with Crippen molar-refractivity contribution in [1.29, 1.82) is 0 Å². The number of carboxylic acid groups (broad SMARTS) is 1. The predicted octanol–water partition coefficient (Wildman–Crippen LogP) is 1.19. The average Bonchev–Trinajstić information content (AvgIpc) is 2.26. The average molecular weight is 227 g/mol. The Morgan fingerprint density at radius 2 is 1.75 bits per heavy atom. The Kier molecular flexibility index (Phi) is 3.03. The summed E-state index contributed by atoms with van der Waals surface area (Å²) in [7, 11) is 1.38. The molecular weight excluding hydrogens is 210 g/mol. The Labute approximate surface area is 94.4 Å². The zero-order valence-corrected chi connectivity index (χ0v) is 9.39. The Morgan fingerprint density at radius 1 is 1.19 bits per heavy atom. The van der Waals surface area contributed by atoms with Crippen molar-refractivity contribution >= 4 is 12.1 Å². The summed E-state index contributed by atoms with van der Waals surface area (Å²) in [5.74, 6) is -0.259. The number of rotatable bonds is 1. The van der Waals surface area contributed by atoms with Crippen molar-refractivity contribution in [3.8, 4) is 0 Å². The standard InChI is InChI=1S/C11H17NO4/c1-16-11(15)12-5-7-2-8(6-12)4-9(3-7)10(13)14/h7-9H,2-6H2,1H3,(H,13,14). The van der Waals surface area contributed by atoms with Crippen LogP contribution in [0.1, 0.15) is 19.3 Å². The van der Waals surface area contributed by atoms with Gasteiger partial charge in [-0.15, -0.1) is 0 Å². The summed E-state index contributed by atoms with van der Waals surface area (Å²) in [6.45, 7) is 1.29. The van der Waals surface area contributed by atoms with Gasteiger partial charge in [0.15, 0.2) is 0 Å². The Morgan fingerprint density at radius 3 is 2.19 bits per heavy atom. The van der Waals surface area contributed by atoms with Crippen LogP contribution < -0.4 is 0 Å². The molecule has 90 valence electrons. The number of nitrogens with zero attached hydrogens (tertiary/aromatic N) is 1. The molecule has 0 spiro atoms. The van der Waals surface area contributed by atoms with Crippen molar-refractivity contribution in [2.24, 2.45) is 17.8 Å². The molecule has 1 saturated heterocycles. The molecular formula is C11H17NO4. The largest absolute Gasteiger partial charge is 0.481 e. The maximum Gasteiger partial charge on any atom is 0.409 e. The molecule has 1 aliphatic carbocycles. The van der Waals surface area contributed by atoms with Crippen molar-refractivity contribution in [1.82, 2.24) is 4.90 Å². The Bertz CT molecular complexity index is 290. The van der Waals surface area contributed by atoms with E-state index in [0.29, 0.717) is 37.8 Å². The molecule has 1 heterocycles. The maximum absolute atomic E-state index is 11.4. The number of carbonyl (C=O) groups is 2. The van der Waals surface area contributed by atoms with E-state index in [2.05, 4.69) is 0 Å². The van der Waals surface area contributed by atoms with E-state index in [1.54, 1.807) is 4.90 Å². The van der Waals surface area contributed by atoms with Crippen LogP contribution in [0, 0.1) is 17.8 Å². The van der Waals surface area contributed by atoms with Crippen LogP contribution in [0.5, 0.6) is 0 Å². The molecule has 2 rings (SSSR count). The normalized spacial score (nSPS) is 33.3. The lowest BCUT2D eigenvalue weighted by Gasteiger charge is -2.42. The van der Waals surface area contributed by atoms with Gasteiger partial charge in [-0.1, -0.05) is 0 Å². The lowest BCUT2D eigenvalue weighted by Crippen LogP contribution is -2.48. The third-order valence-electron chi connectivity index (χ3n) is 3.64. The molecule has 1 aliphatic heterocycles. The van der Waals surface area contributed by atoms with Gasteiger partial charge in [-0.05, 0) is 31.1 Å². The van der Waals surface area contributed by atoms with Gasteiger partial charge in [0.05, 0.1) is 13.0 Å². The van der Waals surface area contributed by atoms with Crippen LogP contribution in [0.25, 0.3) is 0 Å². The van der Waals surface area contributed by atoms with Gasteiger partial charge in [0, 0.05) is 13.1 Å². The molecule has 1 N–H and O–H groups in total. The first kappa shape index (κ1) is 11.2. The molecule has 2 unspecified atom stereocenters. The molecule has 2 bridgehead atoms. The molecule has 2 aliphatic rings. The Balaban J connectivity index is 2.00. The van der Waals surface area contributed by atoms with E-state index in [1.165, 1.54) is 7.11 Å². The second kappa shape index (κ2) is 4.31. The number of hydrogen-bond acceptors (Lipinski definition) is 3. The van der Waals surface area contributed by atoms with Gasteiger partial charge in [0.1, 0.15) is 0 Å². The number of amides is 1. The number of methoxy groups -OCH3 is 1. The number of hydrogen-bond donors (Lipinski definition) is 1. The van der Waals surface area contributed by atoms with Crippen LogP contribution in [0.4, 0.5) is 4.79 Å². The van der Waals surface area contributed by atoms with Crippen molar-refractivity contribution in [2.45, 2.75) is 19.3 Å². The number of ether oxygens (including phenoxy) is 1. The summed E-state index contributed by atoms with van der Waals surface area (Å²) in [5.41, 5.74) is 0. The van der Waals surface area contributed by atoms with Crippen molar-refractivity contribution in [3.63, 3.8) is 0 Å². The molecule has 2 fully saturated rings. The van der Waals surface area contributed by atoms with Crippen LogP contribution in [0.2, 0.25) is 0 Å². The van der Waals surface area contributed by atoms with Gasteiger partial charge >= 0.3 is 12.1 Å². The fourth-order valence-electron chi connectivity index (χ4n) is 3.04. The van der Waals surface area contributed by atoms with Crippen molar-refractivity contribution in [3.05, 3.63) is 0 Å². The second-order valence-corrected chi connectivity index (χ2v) is 4.85. The topological polar surface area (TPSA) is 66.8 Å². The van der Waals surface area contributed by atoms with Crippen LogP contribution in [-0.4, -0.2) is 42.3 Å². The zero-order valence-electron chi connectivity index (χ0n) is 9.39. The number of likely N-dealkylation sites (tertiary alicyclic amines) is 1. The molecule has 0 radical (unpaired) electrons. The minimum absolute atomic E-state index is 0.219. The van der Waals surface area contributed by atoms with Gasteiger partial charge in [0.25, 0.3) is 0 Å². The van der Waals surface area contributed by atoms with E-state index < -0.39 is 5.97 Å². The SMILES string of the molecule is COC(=O)N1CC2CC(CC(C(=O)O)C2)C1. The number of fused-ring (bicyclic) bond motifs is 2. The summed E-state index contributed by atoms with van der Waals surface area (Å²) in [5, 5.41) is 9.01. The minimum atomic E-state index is -0.693. The van der Waals surface area contributed by atoms with Gasteiger partial charge in [-0.3, -0.25) is 4.79 Å². The summed E-state index contributed by atoms with van der Waals surface area (Å²) < 4.78 is 4.70. The molecule has 5 heteroatoms. The van der Waals surface area contributed by atoms with Gasteiger partial charge in [-0.2, -0.15) is 0 Å². The summed E-state index contributed by atoms with van der Waals surface area (Å²) in [6, 6.07) is 0. The molecule has 16 heavy (non-hydrogen) atoms. The van der Waals surface area contributed by atoms with E-state index in [4.69, 9.17) is 9.84 Å². The molecule has 1 saturated carbocycles. The fourth-order valence-corrected chi connectivity index (χ4v) is 3.04. The second-order valence-electron chi connectivity index (χ2n) is 4.85. The number of piperidine rings is 1. The minimum Gasteiger partial charge on any atom is -0.481 e. The van der Waals surface area contributed by atoms with E-state index in [9.17, 15) is 9.59 Å². The highest BCUT2D eigenvalue weighted by molar-refractivity contribution is 5.70. The maximum atomic E-state index is 11.4. The fraction of sp³-hybridized carbons (Fsp3) is 0.818. The highest BCUT2D eigenvalue weighted by Crippen LogP contribution is 2.38. The first-order chi connectivity index (χ1) is 7.60. The summed E-state index contributed by atoms with van der Waals surface area (Å²) in [4.78, 5) is 24.1. The van der Waals surface area contributed by atoms with Crippen molar-refractivity contribution in [2.75, 3.05) is 20.2 Å². The first-order valence-corrected chi connectivity index (χ1v) is 5.65. The Hall–Kier alpha value is -1.26. The molecule has 1 amide bonds. The van der Waals surface area contributed by atoms with Crippen LogP contribution in [0.15, 0.2) is 0 Å². The highest BCUT2D eigenvalue weighted by Gasteiger charge is 2.39. The summed E-state index contributed by atoms with van der Waals surface area (Å²) >= 11 is 0. The zero-order chi connectivity index (χ0) is 11.7. The monoisotopic (exact) mass is 227 g/mol. The smallest absolute Gasteiger partial charge is 0.409 e. The number of aliphatic carboxylic acids is 1. The van der Waals surface area contributed by atoms with Gasteiger partial charge in [-0.25, -0.2) is 4.79 Å². The third kappa shape index (κ3) is 2.13. The van der Waals surface area contributed by atoms with Crippen LogP contribution >= 0.6 is 0 Å². The van der Waals surface area contributed by atoms with E-state index in [1.807, 2.05) is 0 Å². The van der Waals surface area contributed by atoms with E-state index in [-0.39, 0.29) is 12.0 Å². The quantitative estimate of drug-likeness (QED) is 0.730. The molecule has 0 aromatic heterocycles. The molecule has 0 aromatic carbocycles. The molecule has 2 atom stereocenters. The number of carbonyl (C=O) groups excluding carboxylic acids is 1. The van der Waals surface area contributed by atoms with Gasteiger partial charge < -0.3 is 14.7 Å². The lowest BCUT2D eigenvalue weighted by atomic mass is 9.72. The van der Waals surface area contributed by atoms with E-state index >= 15 is 0 Å². The van der Waals surface area contributed by atoms with Gasteiger partial charge in [0.2, 0.25) is 0 Å². The highest BCUT2D eigenvalue weighted by atomic mass is 16.5. The third-order valence-corrected chi connectivity index (χ3v) is 3.64. The van der Waals surface area contributed by atoms with E-state index in [0.717, 1.165) is 6.42 Å². The van der Waals surface area contributed by atoms with Crippen LogP contribution in [0.3, 0.4) is 0 Å².